The molecule has 0 aromatic heterocycles. The van der Waals surface area contributed by atoms with Gasteiger partial charge in [-0.25, -0.2) is 0 Å². The van der Waals surface area contributed by atoms with Crippen molar-refractivity contribution in [1.29, 1.82) is 0 Å². The summed E-state index contributed by atoms with van der Waals surface area (Å²) in [5.41, 5.74) is 4.09. The Bertz CT molecular complexity index is 689. The second-order valence-electron chi connectivity index (χ2n) is 8.33. The molecule has 116 valence electrons. The van der Waals surface area contributed by atoms with Crippen LogP contribution in [0.3, 0.4) is 0 Å². The van der Waals surface area contributed by atoms with Crippen molar-refractivity contribution in [2.75, 3.05) is 12.4 Å². The number of rotatable bonds is 0. The molecule has 0 radical (unpaired) electrons. The minimum absolute atomic E-state index is 0.413. The van der Waals surface area contributed by atoms with E-state index in [1.807, 2.05) is 0 Å². The van der Waals surface area contributed by atoms with E-state index in [-0.39, 0.29) is 0 Å². The first-order valence-corrected chi connectivity index (χ1v) is 9.61. The molecule has 2 aliphatic carbocycles. The minimum atomic E-state index is 0.413. The van der Waals surface area contributed by atoms with Gasteiger partial charge in [-0.1, -0.05) is 39.0 Å². The predicted octanol–water partition coefficient (Wildman–Crippen LogP) is 5.24. The third-order valence-electron chi connectivity index (χ3n) is 7.32. The lowest BCUT2D eigenvalue weighted by Gasteiger charge is -2.42. The van der Waals surface area contributed by atoms with Gasteiger partial charge in [0, 0.05) is 28.6 Å². The van der Waals surface area contributed by atoms with Crippen molar-refractivity contribution >= 4 is 11.8 Å². The Hall–Kier alpha value is -0.890. The number of benzene rings is 1. The molecule has 1 fully saturated rings. The first-order valence-electron chi connectivity index (χ1n) is 8.63. The standard InChI is InChI=1S/C20H24OS/c1-19(2)14-8-9-20(19,3)18-17(14)16-12(11-22-18)10-21-15-7-5-4-6-13(15)16/h4-7,12,14,16H,8-11H2,1-3H3/t12-,14-,16+,20+/m1/s1. The molecule has 22 heavy (non-hydrogen) atoms. The van der Waals surface area contributed by atoms with Gasteiger partial charge in [-0.3, -0.25) is 0 Å². The smallest absolute Gasteiger partial charge is 0.123 e. The SMILES string of the molecule is CC1(C)[C@@H]2CC[C@@]1(C)C1=C2[C@@H]2c3ccccc3OC[C@@H]2CS1. The highest BCUT2D eigenvalue weighted by atomic mass is 32.2. The van der Waals surface area contributed by atoms with Gasteiger partial charge >= 0.3 is 0 Å². The van der Waals surface area contributed by atoms with Gasteiger partial charge < -0.3 is 4.74 Å². The van der Waals surface area contributed by atoms with Gasteiger partial charge in [0.05, 0.1) is 6.61 Å². The van der Waals surface area contributed by atoms with Crippen molar-refractivity contribution in [3.8, 4) is 5.75 Å². The summed E-state index contributed by atoms with van der Waals surface area (Å²) in [6.07, 6.45) is 2.77. The van der Waals surface area contributed by atoms with E-state index >= 15 is 0 Å². The second-order valence-corrected chi connectivity index (χ2v) is 9.36. The lowest BCUT2D eigenvalue weighted by molar-refractivity contribution is 0.171. The average molecular weight is 312 g/mol. The number of hydrogen-bond donors (Lipinski definition) is 0. The van der Waals surface area contributed by atoms with E-state index in [0.29, 0.717) is 22.7 Å². The monoisotopic (exact) mass is 312 g/mol. The maximum Gasteiger partial charge on any atom is 0.123 e. The Morgan fingerprint density at radius 3 is 2.86 bits per heavy atom. The number of ether oxygens (including phenoxy) is 1. The zero-order valence-corrected chi connectivity index (χ0v) is 14.5. The number of para-hydroxylation sites is 1. The fourth-order valence-electron chi connectivity index (χ4n) is 5.70. The fourth-order valence-corrected chi connectivity index (χ4v) is 7.49. The molecule has 2 aliphatic heterocycles. The quantitative estimate of drug-likeness (QED) is 0.648. The predicted molar refractivity (Wildman–Crippen MR) is 92.3 cm³/mol. The number of allylic oxidation sites excluding steroid dienone is 2. The fraction of sp³-hybridized carbons (Fsp3) is 0.600. The molecular formula is C20H24OS. The molecule has 1 saturated carbocycles. The normalized spacial score (nSPS) is 40.8. The van der Waals surface area contributed by atoms with Gasteiger partial charge in [0.2, 0.25) is 0 Å². The van der Waals surface area contributed by atoms with Crippen LogP contribution in [-0.4, -0.2) is 12.4 Å². The highest BCUT2D eigenvalue weighted by Gasteiger charge is 2.63. The first kappa shape index (κ1) is 13.5. The largest absolute Gasteiger partial charge is 0.493 e. The Morgan fingerprint density at radius 2 is 2.00 bits per heavy atom. The molecule has 0 saturated heterocycles. The second kappa shape index (κ2) is 4.14. The van der Waals surface area contributed by atoms with E-state index in [1.165, 1.54) is 24.2 Å². The van der Waals surface area contributed by atoms with E-state index in [0.717, 1.165) is 18.3 Å². The summed E-state index contributed by atoms with van der Waals surface area (Å²) in [4.78, 5) is 1.76. The minimum Gasteiger partial charge on any atom is -0.493 e. The highest BCUT2D eigenvalue weighted by molar-refractivity contribution is 8.03. The van der Waals surface area contributed by atoms with Crippen LogP contribution in [-0.2, 0) is 0 Å². The van der Waals surface area contributed by atoms with Gasteiger partial charge in [0.1, 0.15) is 5.75 Å². The number of thioether (sulfide) groups is 1. The van der Waals surface area contributed by atoms with Crippen molar-refractivity contribution in [3.05, 3.63) is 40.3 Å². The molecule has 2 heteroatoms. The summed E-state index contributed by atoms with van der Waals surface area (Å²) in [5.74, 6) is 4.42. The number of fused-ring (bicyclic) bond motifs is 8. The summed E-state index contributed by atoms with van der Waals surface area (Å²) < 4.78 is 6.06. The van der Waals surface area contributed by atoms with Crippen molar-refractivity contribution in [3.63, 3.8) is 0 Å². The summed E-state index contributed by atoms with van der Waals surface area (Å²) in [7, 11) is 0. The molecule has 1 nitrogen and oxygen atoms in total. The number of hydrogen-bond acceptors (Lipinski definition) is 2. The zero-order valence-electron chi connectivity index (χ0n) is 13.7. The summed E-state index contributed by atoms with van der Waals surface area (Å²) in [6.45, 7) is 8.47. The molecule has 1 aromatic rings. The molecule has 0 amide bonds. The Labute approximate surface area is 137 Å². The maximum absolute atomic E-state index is 6.06. The summed E-state index contributed by atoms with van der Waals surface area (Å²) in [6, 6.07) is 8.77. The van der Waals surface area contributed by atoms with Crippen LogP contribution in [0.1, 0.15) is 45.1 Å². The molecule has 2 bridgehead atoms. The van der Waals surface area contributed by atoms with E-state index in [1.54, 1.807) is 10.5 Å². The molecule has 1 aromatic carbocycles. The molecule has 0 unspecified atom stereocenters. The first-order chi connectivity index (χ1) is 10.5. The van der Waals surface area contributed by atoms with E-state index in [9.17, 15) is 0 Å². The molecule has 0 N–H and O–H groups in total. The van der Waals surface area contributed by atoms with Gasteiger partial charge in [0.25, 0.3) is 0 Å². The van der Waals surface area contributed by atoms with Crippen molar-refractivity contribution in [1.82, 2.24) is 0 Å². The van der Waals surface area contributed by atoms with Crippen molar-refractivity contribution in [2.24, 2.45) is 22.7 Å². The van der Waals surface area contributed by atoms with Gasteiger partial charge in [-0.15, -0.1) is 11.8 Å². The molecule has 2 heterocycles. The van der Waals surface area contributed by atoms with Crippen LogP contribution < -0.4 is 4.74 Å². The molecular weight excluding hydrogens is 288 g/mol. The topological polar surface area (TPSA) is 9.23 Å². The van der Waals surface area contributed by atoms with Crippen LogP contribution in [0.5, 0.6) is 5.75 Å². The molecule has 5 rings (SSSR count). The van der Waals surface area contributed by atoms with Gasteiger partial charge in [-0.05, 0) is 40.7 Å². The summed E-state index contributed by atoms with van der Waals surface area (Å²) >= 11 is 2.16. The third kappa shape index (κ3) is 1.39. The van der Waals surface area contributed by atoms with E-state index in [2.05, 4.69) is 56.8 Å². The zero-order chi connectivity index (χ0) is 15.1. The lowest BCUT2D eigenvalue weighted by Crippen LogP contribution is -2.34. The van der Waals surface area contributed by atoms with Crippen LogP contribution >= 0.6 is 11.8 Å². The van der Waals surface area contributed by atoms with Crippen molar-refractivity contribution < 1.29 is 4.74 Å². The lowest BCUT2D eigenvalue weighted by atomic mass is 9.69. The van der Waals surface area contributed by atoms with Gasteiger partial charge in [0.15, 0.2) is 0 Å². The Morgan fingerprint density at radius 1 is 1.18 bits per heavy atom. The van der Waals surface area contributed by atoms with E-state index in [4.69, 9.17) is 4.74 Å². The maximum atomic E-state index is 6.06. The van der Waals surface area contributed by atoms with Crippen LogP contribution in [0.15, 0.2) is 34.7 Å². The molecule has 4 aliphatic rings. The summed E-state index contributed by atoms with van der Waals surface area (Å²) in [5, 5.41) is 0. The van der Waals surface area contributed by atoms with Crippen LogP contribution in [0.25, 0.3) is 0 Å². The van der Waals surface area contributed by atoms with Crippen LogP contribution in [0.2, 0.25) is 0 Å². The molecule has 4 atom stereocenters. The van der Waals surface area contributed by atoms with Crippen molar-refractivity contribution in [2.45, 2.75) is 39.5 Å². The average Bonchev–Trinajstić information content (AvgIpc) is 2.86. The molecule has 0 spiro atoms. The highest BCUT2D eigenvalue weighted by Crippen LogP contribution is 2.74. The van der Waals surface area contributed by atoms with Gasteiger partial charge in [-0.2, -0.15) is 0 Å². The van der Waals surface area contributed by atoms with Crippen LogP contribution in [0.4, 0.5) is 0 Å². The Kier molecular flexibility index (Phi) is 2.55. The Balaban J connectivity index is 1.72. The van der Waals surface area contributed by atoms with Crippen LogP contribution in [0, 0.1) is 22.7 Å². The third-order valence-corrected chi connectivity index (χ3v) is 8.89. The van der Waals surface area contributed by atoms with E-state index < -0.39 is 0 Å².